The number of ether oxygens (including phenoxy) is 3. The number of nitrogen functional groups attached to an aromatic ring is 1. The number of carbonyl (C=O) groups excluding carboxylic acids is 2. The summed E-state index contributed by atoms with van der Waals surface area (Å²) in [5.74, 6) is 0.178. The number of hydrogen-bond donors (Lipinski definition) is 4. The Bertz CT molecular complexity index is 744. The first kappa shape index (κ1) is 25.5. The third kappa shape index (κ3) is 8.80. The molecule has 180 valence electrons. The minimum atomic E-state index is -0.526. The molecule has 1 aromatic rings. The molecule has 1 aliphatic rings. The number of aliphatic hydroxyl groups excluding tert-OH is 1. The number of likely N-dealkylation sites (tertiary alicyclic amines) is 1. The maximum absolute atomic E-state index is 12.3. The smallest absolute Gasteiger partial charge is 0.410 e. The molecule has 1 aromatic carbocycles. The van der Waals surface area contributed by atoms with Crippen LogP contribution in [0.5, 0.6) is 5.75 Å². The first-order valence-corrected chi connectivity index (χ1v) is 10.9. The van der Waals surface area contributed by atoms with E-state index in [0.29, 0.717) is 56.2 Å². The molecule has 0 radical (unpaired) electrons. The fraction of sp³-hybridized carbons (Fsp3) is 0.636. The topological polar surface area (TPSA) is 135 Å². The zero-order chi connectivity index (χ0) is 23.6. The second kappa shape index (κ2) is 12.4. The molecule has 0 aliphatic carbocycles. The van der Waals surface area contributed by atoms with Crippen molar-refractivity contribution in [2.45, 2.75) is 45.3 Å². The third-order valence-corrected chi connectivity index (χ3v) is 4.73. The average molecular weight is 453 g/mol. The monoisotopic (exact) mass is 452 g/mol. The molecule has 32 heavy (non-hydrogen) atoms. The lowest BCUT2D eigenvalue weighted by atomic mass is 10.1. The number of amides is 2. The summed E-state index contributed by atoms with van der Waals surface area (Å²) >= 11 is 0. The van der Waals surface area contributed by atoms with Gasteiger partial charge in [-0.3, -0.25) is 4.79 Å². The van der Waals surface area contributed by atoms with Gasteiger partial charge in [0, 0.05) is 25.7 Å². The van der Waals surface area contributed by atoms with Gasteiger partial charge in [0.1, 0.15) is 11.4 Å². The van der Waals surface area contributed by atoms with Crippen LogP contribution < -0.4 is 21.1 Å². The van der Waals surface area contributed by atoms with Crippen molar-refractivity contribution < 1.29 is 28.9 Å². The summed E-state index contributed by atoms with van der Waals surface area (Å²) in [5, 5.41) is 14.8. The second-order valence-electron chi connectivity index (χ2n) is 8.58. The van der Waals surface area contributed by atoms with Crippen molar-refractivity contribution in [3.8, 4) is 5.75 Å². The summed E-state index contributed by atoms with van der Waals surface area (Å²) in [6.45, 7) is 7.65. The predicted molar refractivity (Wildman–Crippen MR) is 122 cm³/mol. The van der Waals surface area contributed by atoms with Gasteiger partial charge in [-0.05, 0) is 45.7 Å². The minimum absolute atomic E-state index is 0.0175. The van der Waals surface area contributed by atoms with Crippen molar-refractivity contribution in [3.63, 3.8) is 0 Å². The molecule has 0 saturated carbocycles. The van der Waals surface area contributed by atoms with Crippen molar-refractivity contribution >= 4 is 23.4 Å². The summed E-state index contributed by atoms with van der Waals surface area (Å²) < 4.78 is 16.2. The van der Waals surface area contributed by atoms with Crippen LogP contribution in [-0.4, -0.2) is 79.7 Å². The average Bonchev–Trinajstić information content (AvgIpc) is 2.73. The molecule has 1 saturated heterocycles. The van der Waals surface area contributed by atoms with Gasteiger partial charge in [0.25, 0.3) is 5.91 Å². The Morgan fingerprint density at radius 2 is 1.94 bits per heavy atom. The molecule has 0 unspecified atom stereocenters. The lowest BCUT2D eigenvalue weighted by Gasteiger charge is -2.33. The van der Waals surface area contributed by atoms with Gasteiger partial charge in [0.05, 0.1) is 31.2 Å². The minimum Gasteiger partial charge on any atom is -0.482 e. The Labute approximate surface area is 189 Å². The molecule has 0 bridgehead atoms. The molecule has 10 nitrogen and oxygen atoms in total. The van der Waals surface area contributed by atoms with Crippen LogP contribution in [0.4, 0.5) is 16.2 Å². The van der Waals surface area contributed by atoms with Crippen LogP contribution in [0.1, 0.15) is 33.6 Å². The molecule has 0 spiro atoms. The van der Waals surface area contributed by atoms with Gasteiger partial charge < -0.3 is 40.6 Å². The number of nitrogens with two attached hydrogens (primary N) is 1. The fourth-order valence-electron chi connectivity index (χ4n) is 3.19. The van der Waals surface area contributed by atoms with E-state index in [1.54, 1.807) is 17.0 Å². The largest absolute Gasteiger partial charge is 0.482 e. The van der Waals surface area contributed by atoms with Gasteiger partial charge in [-0.1, -0.05) is 6.07 Å². The lowest BCUT2D eigenvalue weighted by Crippen LogP contribution is -2.48. The summed E-state index contributed by atoms with van der Waals surface area (Å²) in [7, 11) is 0. The highest BCUT2D eigenvalue weighted by atomic mass is 16.6. The Kier molecular flexibility index (Phi) is 9.86. The first-order valence-electron chi connectivity index (χ1n) is 10.9. The summed E-state index contributed by atoms with van der Waals surface area (Å²) in [4.78, 5) is 26.1. The molecule has 1 aliphatic heterocycles. The summed E-state index contributed by atoms with van der Waals surface area (Å²) in [6, 6.07) is 5.28. The number of rotatable bonds is 10. The molecule has 1 heterocycles. The van der Waals surface area contributed by atoms with E-state index in [4.69, 9.17) is 25.1 Å². The quantitative estimate of drug-likeness (QED) is 0.310. The highest BCUT2D eigenvalue weighted by molar-refractivity contribution is 5.79. The van der Waals surface area contributed by atoms with Crippen LogP contribution in [0, 0.1) is 0 Å². The van der Waals surface area contributed by atoms with E-state index in [1.165, 1.54) is 0 Å². The number of nitrogens with zero attached hydrogens (tertiary/aromatic N) is 1. The third-order valence-electron chi connectivity index (χ3n) is 4.73. The van der Waals surface area contributed by atoms with Crippen molar-refractivity contribution in [1.82, 2.24) is 10.2 Å². The SMILES string of the molecule is CC(C)(C)OC(=O)N1CCC(NC(=O)COc2cccc(NCCOCCO)c2N)CC1. The number of hydrogen-bond acceptors (Lipinski definition) is 8. The molecule has 5 N–H and O–H groups in total. The maximum atomic E-state index is 12.3. The Balaban J connectivity index is 1.73. The number of carbonyl (C=O) groups is 2. The molecule has 0 atom stereocenters. The van der Waals surface area contributed by atoms with Crippen LogP contribution in [0.3, 0.4) is 0 Å². The Morgan fingerprint density at radius 3 is 2.59 bits per heavy atom. The zero-order valence-corrected chi connectivity index (χ0v) is 19.2. The molecule has 2 rings (SSSR count). The van der Waals surface area contributed by atoms with Crippen LogP contribution in [0.25, 0.3) is 0 Å². The molecular formula is C22H36N4O6. The van der Waals surface area contributed by atoms with Gasteiger partial charge in [-0.25, -0.2) is 4.79 Å². The van der Waals surface area contributed by atoms with Crippen LogP contribution in [-0.2, 0) is 14.3 Å². The summed E-state index contributed by atoms with van der Waals surface area (Å²) in [5.41, 5.74) is 6.70. The number of para-hydroxylation sites is 1. The number of nitrogens with one attached hydrogen (secondary N) is 2. The van der Waals surface area contributed by atoms with E-state index in [9.17, 15) is 9.59 Å². The van der Waals surface area contributed by atoms with Gasteiger partial charge in [-0.2, -0.15) is 0 Å². The van der Waals surface area contributed by atoms with Crippen LogP contribution >= 0.6 is 0 Å². The van der Waals surface area contributed by atoms with E-state index in [0.717, 1.165) is 0 Å². The van der Waals surface area contributed by atoms with Gasteiger partial charge in [-0.15, -0.1) is 0 Å². The molecular weight excluding hydrogens is 416 g/mol. The molecule has 10 heteroatoms. The lowest BCUT2D eigenvalue weighted by molar-refractivity contribution is -0.124. The Morgan fingerprint density at radius 1 is 1.22 bits per heavy atom. The van der Waals surface area contributed by atoms with Gasteiger partial charge >= 0.3 is 6.09 Å². The van der Waals surface area contributed by atoms with Crippen LogP contribution in [0.15, 0.2) is 18.2 Å². The van der Waals surface area contributed by atoms with Crippen LogP contribution in [0.2, 0.25) is 0 Å². The zero-order valence-electron chi connectivity index (χ0n) is 19.2. The standard InChI is InChI=1S/C22H36N4O6/c1-22(2,3)32-21(29)26-10-7-16(8-11-26)25-19(28)15-31-18-6-4-5-17(20(18)23)24-9-13-30-14-12-27/h4-6,16,24,27H,7-15,23H2,1-3H3,(H,25,28). The number of anilines is 2. The predicted octanol–water partition coefficient (Wildman–Crippen LogP) is 1.58. The highest BCUT2D eigenvalue weighted by Gasteiger charge is 2.27. The van der Waals surface area contributed by atoms with E-state index >= 15 is 0 Å². The highest BCUT2D eigenvalue weighted by Crippen LogP contribution is 2.29. The van der Waals surface area contributed by atoms with E-state index in [-0.39, 0.29) is 37.9 Å². The van der Waals surface area contributed by atoms with Crippen molar-refractivity contribution in [2.75, 3.05) is 57.1 Å². The molecule has 0 aromatic heterocycles. The fourth-order valence-corrected chi connectivity index (χ4v) is 3.19. The molecule has 1 fully saturated rings. The first-order chi connectivity index (χ1) is 15.2. The van der Waals surface area contributed by atoms with E-state index < -0.39 is 5.60 Å². The van der Waals surface area contributed by atoms with Crippen molar-refractivity contribution in [1.29, 1.82) is 0 Å². The van der Waals surface area contributed by atoms with E-state index in [2.05, 4.69) is 10.6 Å². The maximum Gasteiger partial charge on any atom is 0.410 e. The molecule has 2 amide bonds. The normalized spacial score (nSPS) is 14.7. The van der Waals surface area contributed by atoms with Gasteiger partial charge in [0.15, 0.2) is 6.61 Å². The number of aliphatic hydroxyl groups is 1. The number of piperidine rings is 1. The van der Waals surface area contributed by atoms with E-state index in [1.807, 2.05) is 26.8 Å². The van der Waals surface area contributed by atoms with Crippen molar-refractivity contribution in [2.24, 2.45) is 0 Å². The second-order valence-corrected chi connectivity index (χ2v) is 8.58. The number of benzene rings is 1. The van der Waals surface area contributed by atoms with Gasteiger partial charge in [0.2, 0.25) is 0 Å². The summed E-state index contributed by atoms with van der Waals surface area (Å²) in [6.07, 6.45) is 0.991. The Hall–Kier alpha value is -2.72. The van der Waals surface area contributed by atoms with Crippen molar-refractivity contribution in [3.05, 3.63) is 18.2 Å².